The number of aryl methyl sites for hydroxylation is 1. The lowest BCUT2D eigenvalue weighted by atomic mass is 10.2. The molecule has 1 unspecified atom stereocenters. The fourth-order valence-electron chi connectivity index (χ4n) is 2.93. The van der Waals surface area contributed by atoms with Gasteiger partial charge in [-0.05, 0) is 58.2 Å². The predicted octanol–water partition coefficient (Wildman–Crippen LogP) is 3.72. The van der Waals surface area contributed by atoms with Crippen LogP contribution < -0.4 is 10.1 Å². The summed E-state index contributed by atoms with van der Waals surface area (Å²) in [6.45, 7) is 6.22. The second kappa shape index (κ2) is 8.38. The molecule has 0 aliphatic carbocycles. The summed E-state index contributed by atoms with van der Waals surface area (Å²) in [5, 5.41) is 7.29. The third-order valence-corrected chi connectivity index (χ3v) is 4.44. The van der Waals surface area contributed by atoms with Crippen molar-refractivity contribution in [3.63, 3.8) is 0 Å². The Balaban J connectivity index is 0.00000243. The molecule has 0 saturated heterocycles. The number of nitrogens with one attached hydrogen (secondary N) is 1. The number of methoxy groups -OCH3 is 1. The highest BCUT2D eigenvalue weighted by molar-refractivity contribution is 5.85. The lowest BCUT2D eigenvalue weighted by Gasteiger charge is -2.10. The van der Waals surface area contributed by atoms with Gasteiger partial charge in [-0.2, -0.15) is 4.98 Å². The van der Waals surface area contributed by atoms with E-state index in [1.165, 1.54) is 0 Å². The molecule has 7 heteroatoms. The first-order valence-electron chi connectivity index (χ1n) is 8.37. The monoisotopic (exact) mass is 376 g/mol. The Bertz CT molecular complexity index is 855. The summed E-state index contributed by atoms with van der Waals surface area (Å²) in [6, 6.07) is 10.4. The number of rotatable bonds is 6. The number of hydrogen-bond donors (Lipinski definition) is 1. The number of benzene rings is 1. The van der Waals surface area contributed by atoms with Gasteiger partial charge in [-0.3, -0.25) is 0 Å². The maximum absolute atomic E-state index is 5.50. The second-order valence-corrected chi connectivity index (χ2v) is 6.23. The molecule has 0 radical (unpaired) electrons. The summed E-state index contributed by atoms with van der Waals surface area (Å²) < 4.78 is 12.9. The van der Waals surface area contributed by atoms with Crippen molar-refractivity contribution in [2.75, 3.05) is 14.2 Å². The summed E-state index contributed by atoms with van der Waals surface area (Å²) in [7, 11) is 3.59. The van der Waals surface area contributed by atoms with Crippen LogP contribution in [0.15, 0.2) is 34.9 Å². The lowest BCUT2D eigenvalue weighted by Crippen LogP contribution is -2.24. The number of aromatic nitrogens is 3. The Labute approximate surface area is 160 Å². The highest BCUT2D eigenvalue weighted by Crippen LogP contribution is 2.29. The maximum Gasteiger partial charge on any atom is 0.259 e. The Morgan fingerprint density at radius 1 is 1.23 bits per heavy atom. The van der Waals surface area contributed by atoms with Crippen molar-refractivity contribution in [2.45, 2.75) is 33.2 Å². The van der Waals surface area contributed by atoms with Crippen molar-refractivity contribution in [3.05, 3.63) is 47.5 Å². The van der Waals surface area contributed by atoms with Crippen LogP contribution in [0.1, 0.15) is 24.1 Å². The van der Waals surface area contributed by atoms with E-state index in [9.17, 15) is 0 Å². The van der Waals surface area contributed by atoms with Crippen molar-refractivity contribution in [1.82, 2.24) is 20.0 Å². The van der Waals surface area contributed by atoms with Gasteiger partial charge in [-0.1, -0.05) is 5.16 Å². The van der Waals surface area contributed by atoms with Crippen LogP contribution >= 0.6 is 12.4 Å². The molecule has 0 amide bonds. The predicted molar refractivity (Wildman–Crippen MR) is 105 cm³/mol. The Morgan fingerprint density at radius 3 is 2.54 bits per heavy atom. The number of nitrogens with zero attached hydrogens (tertiary/aromatic N) is 3. The van der Waals surface area contributed by atoms with Gasteiger partial charge >= 0.3 is 0 Å². The van der Waals surface area contributed by atoms with Gasteiger partial charge in [0.25, 0.3) is 5.89 Å². The van der Waals surface area contributed by atoms with E-state index in [-0.39, 0.29) is 12.4 Å². The molecule has 1 aromatic carbocycles. The van der Waals surface area contributed by atoms with Gasteiger partial charge in [0.2, 0.25) is 0 Å². The van der Waals surface area contributed by atoms with Crippen LogP contribution in [0, 0.1) is 13.8 Å². The molecule has 1 atom stereocenters. The molecular weight excluding hydrogens is 352 g/mol. The Hall–Kier alpha value is -2.31. The van der Waals surface area contributed by atoms with E-state index in [0.717, 1.165) is 34.8 Å². The summed E-state index contributed by atoms with van der Waals surface area (Å²) in [4.78, 5) is 4.55. The summed E-state index contributed by atoms with van der Waals surface area (Å²) in [5.74, 6) is 2.11. The minimum atomic E-state index is 0. The molecule has 3 rings (SSSR count). The van der Waals surface area contributed by atoms with Crippen LogP contribution in [0.4, 0.5) is 0 Å². The number of ether oxygens (including phenoxy) is 1. The minimum absolute atomic E-state index is 0. The number of halogens is 1. The number of hydrogen-bond acceptors (Lipinski definition) is 5. The summed E-state index contributed by atoms with van der Waals surface area (Å²) in [6.07, 6.45) is 0.733. The largest absolute Gasteiger partial charge is 0.497 e. The van der Waals surface area contributed by atoms with Crippen molar-refractivity contribution >= 4 is 12.4 Å². The molecule has 0 fully saturated rings. The zero-order valence-corrected chi connectivity index (χ0v) is 16.6. The van der Waals surface area contributed by atoms with Crippen LogP contribution in [0.5, 0.6) is 5.75 Å². The third kappa shape index (κ3) is 3.92. The first-order chi connectivity index (χ1) is 12.0. The van der Waals surface area contributed by atoms with E-state index in [2.05, 4.69) is 46.9 Å². The Kier molecular flexibility index (Phi) is 6.45. The van der Waals surface area contributed by atoms with Crippen molar-refractivity contribution in [2.24, 2.45) is 0 Å². The maximum atomic E-state index is 5.50. The zero-order valence-electron chi connectivity index (χ0n) is 15.7. The number of likely N-dealkylation sites (N-methyl/N-ethyl adjacent to an activating group) is 1. The molecule has 0 bridgehead atoms. The van der Waals surface area contributed by atoms with Crippen LogP contribution in [0.2, 0.25) is 0 Å². The van der Waals surface area contributed by atoms with Gasteiger partial charge in [0.15, 0.2) is 5.82 Å². The second-order valence-electron chi connectivity index (χ2n) is 6.23. The molecule has 0 saturated carbocycles. The van der Waals surface area contributed by atoms with Crippen LogP contribution in [-0.2, 0) is 6.42 Å². The van der Waals surface area contributed by atoms with Gasteiger partial charge in [0.05, 0.1) is 12.7 Å². The summed E-state index contributed by atoms with van der Waals surface area (Å²) >= 11 is 0. The van der Waals surface area contributed by atoms with Gasteiger partial charge < -0.3 is 19.1 Å². The SMILES string of the molecule is CNC(C)Cc1noc(-c2cc(C)n(-c3ccc(OC)cc3)c2C)n1.Cl. The van der Waals surface area contributed by atoms with Gasteiger partial charge in [0.1, 0.15) is 5.75 Å². The smallest absolute Gasteiger partial charge is 0.259 e. The minimum Gasteiger partial charge on any atom is -0.497 e. The molecule has 2 aromatic heterocycles. The van der Waals surface area contributed by atoms with Crippen LogP contribution in [0.25, 0.3) is 17.1 Å². The topological polar surface area (TPSA) is 65.1 Å². The molecule has 3 aromatic rings. The quantitative estimate of drug-likeness (QED) is 0.710. The zero-order chi connectivity index (χ0) is 18.0. The first kappa shape index (κ1) is 20.0. The van der Waals surface area contributed by atoms with E-state index in [0.29, 0.717) is 17.8 Å². The van der Waals surface area contributed by atoms with Crippen molar-refractivity contribution < 1.29 is 9.26 Å². The van der Waals surface area contributed by atoms with Crippen LogP contribution in [-0.4, -0.2) is 34.9 Å². The van der Waals surface area contributed by atoms with Crippen molar-refractivity contribution in [3.8, 4) is 22.9 Å². The lowest BCUT2D eigenvalue weighted by molar-refractivity contribution is 0.414. The molecule has 1 N–H and O–H groups in total. The van der Waals surface area contributed by atoms with E-state index >= 15 is 0 Å². The fourth-order valence-corrected chi connectivity index (χ4v) is 2.93. The molecule has 0 aliphatic heterocycles. The molecule has 26 heavy (non-hydrogen) atoms. The average molecular weight is 377 g/mol. The summed E-state index contributed by atoms with van der Waals surface area (Å²) in [5.41, 5.74) is 4.22. The molecule has 0 spiro atoms. The van der Waals surface area contributed by atoms with Gasteiger partial charge in [-0.25, -0.2) is 0 Å². The van der Waals surface area contributed by atoms with Gasteiger partial charge in [-0.15, -0.1) is 12.4 Å². The van der Waals surface area contributed by atoms with E-state index in [4.69, 9.17) is 9.26 Å². The van der Waals surface area contributed by atoms with Crippen LogP contribution in [0.3, 0.4) is 0 Å². The van der Waals surface area contributed by atoms with E-state index in [1.54, 1.807) is 7.11 Å². The Morgan fingerprint density at radius 2 is 1.92 bits per heavy atom. The van der Waals surface area contributed by atoms with Gasteiger partial charge in [0, 0.05) is 29.5 Å². The first-order valence-corrected chi connectivity index (χ1v) is 8.37. The fraction of sp³-hybridized carbons (Fsp3) is 0.368. The molecule has 2 heterocycles. The normalized spacial score (nSPS) is 11.9. The highest BCUT2D eigenvalue weighted by atomic mass is 35.5. The average Bonchev–Trinajstić information content (AvgIpc) is 3.19. The third-order valence-electron chi connectivity index (χ3n) is 4.44. The van der Waals surface area contributed by atoms with Crippen molar-refractivity contribution in [1.29, 1.82) is 0 Å². The van der Waals surface area contributed by atoms with E-state index in [1.807, 2.05) is 31.3 Å². The van der Waals surface area contributed by atoms with E-state index < -0.39 is 0 Å². The molecular formula is C19H25ClN4O2. The molecule has 140 valence electrons. The molecule has 6 nitrogen and oxygen atoms in total. The highest BCUT2D eigenvalue weighted by Gasteiger charge is 2.18. The standard InChI is InChI=1S/C19H24N4O2.ClH/c1-12(20-4)10-18-21-19(25-22-18)17-11-13(2)23(14(17)3)15-6-8-16(24-5)9-7-15;/h6-9,11-12,20H,10H2,1-5H3;1H. The molecule has 0 aliphatic rings.